The second-order valence-corrected chi connectivity index (χ2v) is 5.41. The molecule has 0 bridgehead atoms. The van der Waals surface area contributed by atoms with Gasteiger partial charge in [-0.25, -0.2) is 9.89 Å². The number of aromatic nitrogens is 3. The fourth-order valence-corrected chi connectivity index (χ4v) is 2.23. The lowest BCUT2D eigenvalue weighted by Crippen LogP contribution is -2.13. The van der Waals surface area contributed by atoms with Crippen molar-refractivity contribution in [2.75, 3.05) is 5.43 Å². The third-order valence-corrected chi connectivity index (χ3v) is 3.45. The summed E-state index contributed by atoms with van der Waals surface area (Å²) in [7, 11) is 0. The van der Waals surface area contributed by atoms with E-state index in [-0.39, 0.29) is 5.82 Å². The molecule has 0 fully saturated rings. The first-order valence-corrected chi connectivity index (χ1v) is 7.75. The van der Waals surface area contributed by atoms with E-state index in [1.54, 1.807) is 18.3 Å². The van der Waals surface area contributed by atoms with Crippen molar-refractivity contribution < 1.29 is 4.74 Å². The number of aromatic amines is 1. The lowest BCUT2D eigenvalue weighted by atomic mass is 10.2. The summed E-state index contributed by atoms with van der Waals surface area (Å²) < 4.78 is 5.72. The molecule has 0 atom stereocenters. The van der Waals surface area contributed by atoms with E-state index in [0.717, 1.165) is 11.1 Å². The number of anilines is 1. The molecule has 0 amide bonds. The molecule has 0 aliphatic heterocycles. The molecule has 0 aliphatic carbocycles. The minimum absolute atomic E-state index is 0.244. The average Bonchev–Trinajstić information content (AvgIpc) is 2.62. The van der Waals surface area contributed by atoms with E-state index < -0.39 is 5.69 Å². The molecule has 25 heavy (non-hydrogen) atoms. The monoisotopic (exact) mass is 355 g/mol. The number of ether oxygens (including phenoxy) is 1. The highest BCUT2D eigenvalue weighted by molar-refractivity contribution is 6.32. The van der Waals surface area contributed by atoms with E-state index in [2.05, 4.69) is 25.7 Å². The van der Waals surface area contributed by atoms with Crippen molar-refractivity contribution in [3.8, 4) is 5.75 Å². The summed E-state index contributed by atoms with van der Waals surface area (Å²) in [4.78, 5) is 14.7. The Labute approximate surface area is 148 Å². The van der Waals surface area contributed by atoms with Crippen LogP contribution < -0.4 is 15.9 Å². The maximum atomic E-state index is 11.0. The molecular weight excluding hydrogens is 342 g/mol. The molecule has 1 heterocycles. The van der Waals surface area contributed by atoms with Crippen molar-refractivity contribution in [2.24, 2.45) is 5.10 Å². The minimum atomic E-state index is -0.553. The Hall–Kier alpha value is -3.19. The van der Waals surface area contributed by atoms with Gasteiger partial charge in [-0.05, 0) is 29.3 Å². The standard InChI is InChI=1S/C17H14ClN5O2/c18-14-8-13(9-19-22-16-10-20-23-17(24)21-16)6-7-15(14)25-11-12-4-2-1-3-5-12/h1-10H,11H2,(H2,21,22,23,24)/b19-9+. The van der Waals surface area contributed by atoms with Crippen LogP contribution in [0.3, 0.4) is 0 Å². The molecule has 2 aromatic carbocycles. The highest BCUT2D eigenvalue weighted by Crippen LogP contribution is 2.25. The van der Waals surface area contributed by atoms with Crippen LogP contribution in [0.4, 0.5) is 5.82 Å². The normalized spacial score (nSPS) is 10.8. The molecule has 1 aromatic heterocycles. The van der Waals surface area contributed by atoms with E-state index >= 15 is 0 Å². The molecule has 0 aliphatic rings. The smallest absolute Gasteiger partial charge is 0.363 e. The molecule has 3 rings (SSSR count). The highest BCUT2D eigenvalue weighted by Gasteiger charge is 2.03. The summed E-state index contributed by atoms with van der Waals surface area (Å²) in [5.74, 6) is 0.838. The Morgan fingerprint density at radius 2 is 2.08 bits per heavy atom. The number of nitrogens with one attached hydrogen (secondary N) is 2. The van der Waals surface area contributed by atoms with E-state index in [1.165, 1.54) is 6.20 Å². The Bertz CT molecular complexity index is 928. The molecule has 3 aromatic rings. The largest absolute Gasteiger partial charge is 0.487 e. The zero-order chi connectivity index (χ0) is 17.5. The number of nitrogens with zero attached hydrogens (tertiary/aromatic N) is 3. The Morgan fingerprint density at radius 3 is 2.84 bits per heavy atom. The fraction of sp³-hybridized carbons (Fsp3) is 0.0588. The van der Waals surface area contributed by atoms with E-state index in [4.69, 9.17) is 16.3 Å². The van der Waals surface area contributed by atoms with Gasteiger partial charge in [0.05, 0.1) is 17.4 Å². The number of rotatable bonds is 6. The molecule has 0 spiro atoms. The molecule has 7 nitrogen and oxygen atoms in total. The predicted octanol–water partition coefficient (Wildman–Crippen LogP) is 2.84. The van der Waals surface area contributed by atoms with Crippen molar-refractivity contribution in [2.45, 2.75) is 6.61 Å². The molecular formula is C17H14ClN5O2. The van der Waals surface area contributed by atoms with Gasteiger partial charge in [-0.3, -0.25) is 5.43 Å². The summed E-state index contributed by atoms with van der Waals surface area (Å²) in [6.45, 7) is 0.441. The Morgan fingerprint density at radius 1 is 1.24 bits per heavy atom. The van der Waals surface area contributed by atoms with Crippen LogP contribution in [-0.4, -0.2) is 21.4 Å². The molecule has 2 N–H and O–H groups in total. The summed E-state index contributed by atoms with van der Waals surface area (Å²) in [5.41, 5.74) is 3.89. The van der Waals surface area contributed by atoms with Crippen molar-refractivity contribution in [3.63, 3.8) is 0 Å². The maximum Gasteiger partial charge on any atom is 0.363 e. The SMILES string of the molecule is O=c1nc(N/N=C/c2ccc(OCc3ccccc3)c(Cl)c2)cn[nH]1. The fourth-order valence-electron chi connectivity index (χ4n) is 1.99. The Balaban J connectivity index is 1.61. The Kier molecular flexibility index (Phi) is 5.38. The third-order valence-electron chi connectivity index (χ3n) is 3.15. The zero-order valence-electron chi connectivity index (χ0n) is 13.0. The first-order valence-electron chi connectivity index (χ1n) is 7.38. The van der Waals surface area contributed by atoms with Crippen LogP contribution in [0, 0.1) is 0 Å². The van der Waals surface area contributed by atoms with Crippen molar-refractivity contribution >= 4 is 23.6 Å². The topological polar surface area (TPSA) is 92.3 Å². The van der Waals surface area contributed by atoms with Gasteiger partial charge in [0.2, 0.25) is 0 Å². The number of hydrogen-bond acceptors (Lipinski definition) is 6. The van der Waals surface area contributed by atoms with Gasteiger partial charge >= 0.3 is 5.69 Å². The van der Waals surface area contributed by atoms with Crippen LogP contribution in [0.1, 0.15) is 11.1 Å². The van der Waals surface area contributed by atoms with Crippen molar-refractivity contribution in [1.82, 2.24) is 15.2 Å². The second-order valence-electron chi connectivity index (χ2n) is 5.01. The van der Waals surface area contributed by atoms with Gasteiger partial charge in [0.1, 0.15) is 12.4 Å². The van der Waals surface area contributed by atoms with Crippen LogP contribution in [0.25, 0.3) is 0 Å². The van der Waals surface area contributed by atoms with Gasteiger partial charge in [-0.1, -0.05) is 41.9 Å². The summed E-state index contributed by atoms with van der Waals surface area (Å²) in [6.07, 6.45) is 2.90. The van der Waals surface area contributed by atoms with Crippen LogP contribution in [0.5, 0.6) is 5.75 Å². The minimum Gasteiger partial charge on any atom is -0.487 e. The number of halogens is 1. The van der Waals surface area contributed by atoms with Gasteiger partial charge in [0.15, 0.2) is 5.82 Å². The molecule has 0 radical (unpaired) electrons. The quantitative estimate of drug-likeness (QED) is 0.524. The number of benzene rings is 2. The van der Waals surface area contributed by atoms with Crippen molar-refractivity contribution in [1.29, 1.82) is 0 Å². The summed E-state index contributed by atoms with van der Waals surface area (Å²) >= 11 is 6.24. The van der Waals surface area contributed by atoms with E-state index in [0.29, 0.717) is 17.4 Å². The van der Waals surface area contributed by atoms with Crippen LogP contribution in [0.15, 0.2) is 64.6 Å². The van der Waals surface area contributed by atoms with Gasteiger partial charge in [-0.2, -0.15) is 15.2 Å². The first-order chi connectivity index (χ1) is 12.2. The predicted molar refractivity (Wildman–Crippen MR) is 96.1 cm³/mol. The van der Waals surface area contributed by atoms with Crippen LogP contribution in [0.2, 0.25) is 5.02 Å². The molecule has 126 valence electrons. The lowest BCUT2D eigenvalue weighted by Gasteiger charge is -2.08. The average molecular weight is 356 g/mol. The first kappa shape index (κ1) is 16.7. The molecule has 0 saturated carbocycles. The van der Waals surface area contributed by atoms with E-state index in [1.807, 2.05) is 36.4 Å². The van der Waals surface area contributed by atoms with Crippen LogP contribution in [-0.2, 0) is 6.61 Å². The number of hydrazone groups is 1. The number of hydrogen-bond donors (Lipinski definition) is 2. The second kappa shape index (κ2) is 8.07. The van der Waals surface area contributed by atoms with Gasteiger partial charge < -0.3 is 4.74 Å². The summed E-state index contributed by atoms with van der Waals surface area (Å²) in [6, 6.07) is 15.2. The zero-order valence-corrected chi connectivity index (χ0v) is 13.8. The van der Waals surface area contributed by atoms with Crippen LogP contribution >= 0.6 is 11.6 Å². The summed E-state index contributed by atoms with van der Waals surface area (Å²) in [5, 5.41) is 10.3. The molecule has 0 unspecified atom stereocenters. The molecule has 0 saturated heterocycles. The highest BCUT2D eigenvalue weighted by atomic mass is 35.5. The van der Waals surface area contributed by atoms with Crippen molar-refractivity contribution in [3.05, 3.63) is 81.4 Å². The van der Waals surface area contributed by atoms with E-state index in [9.17, 15) is 4.79 Å². The van der Waals surface area contributed by atoms with Gasteiger partial charge in [-0.15, -0.1) is 0 Å². The van der Waals surface area contributed by atoms with Gasteiger partial charge in [0.25, 0.3) is 0 Å². The maximum absolute atomic E-state index is 11.0. The van der Waals surface area contributed by atoms with Gasteiger partial charge in [0, 0.05) is 0 Å². The molecule has 8 heteroatoms. The third kappa shape index (κ3) is 4.89. The lowest BCUT2D eigenvalue weighted by molar-refractivity contribution is 0.306. The number of H-pyrrole nitrogens is 1.